The van der Waals surface area contributed by atoms with Crippen LogP contribution in [0.15, 0.2) is 53.1 Å². The molecular weight excluding hydrogens is 332 g/mol. The van der Waals surface area contributed by atoms with Gasteiger partial charge in [0.2, 0.25) is 5.95 Å². The molecule has 0 spiro atoms. The minimum atomic E-state index is -0.276. The summed E-state index contributed by atoms with van der Waals surface area (Å²) in [5, 5.41) is 5.92. The monoisotopic (exact) mass is 352 g/mol. The number of rotatable bonds is 7. The van der Waals surface area contributed by atoms with Gasteiger partial charge in [0, 0.05) is 17.8 Å². The first-order chi connectivity index (χ1) is 12.7. The summed E-state index contributed by atoms with van der Waals surface area (Å²) in [4.78, 5) is 21.0. The molecule has 134 valence electrons. The van der Waals surface area contributed by atoms with Crippen molar-refractivity contribution in [2.24, 2.45) is 0 Å². The lowest BCUT2D eigenvalue weighted by atomic mass is 10.2. The second-order valence-electron chi connectivity index (χ2n) is 5.65. The summed E-state index contributed by atoms with van der Waals surface area (Å²) in [7, 11) is 1.60. The summed E-state index contributed by atoms with van der Waals surface area (Å²) in [6, 6.07) is 12.8. The molecule has 2 aromatic heterocycles. The average molecular weight is 352 g/mol. The summed E-state index contributed by atoms with van der Waals surface area (Å²) >= 11 is 0. The standard InChI is InChI=1S/C19H20N4O3/c1-13-10-16(23-19(22-13)21-12-15-7-5-9-26-15)18(24)20-11-14-6-3-4-8-17(14)25-2/h3-10H,11-12H2,1-2H3,(H,20,24)(H,21,22,23). The summed E-state index contributed by atoms with van der Waals surface area (Å²) in [6.45, 7) is 2.61. The molecule has 0 aliphatic carbocycles. The van der Waals surface area contributed by atoms with Gasteiger partial charge in [-0.1, -0.05) is 18.2 Å². The average Bonchev–Trinajstić information content (AvgIpc) is 3.18. The molecule has 0 bridgehead atoms. The Morgan fingerprint density at radius 1 is 1.15 bits per heavy atom. The smallest absolute Gasteiger partial charge is 0.270 e. The Bertz CT molecular complexity index is 878. The zero-order chi connectivity index (χ0) is 18.4. The second-order valence-corrected chi connectivity index (χ2v) is 5.65. The molecule has 3 aromatic rings. The molecule has 1 aromatic carbocycles. The number of furan rings is 1. The normalized spacial score (nSPS) is 10.4. The molecule has 0 saturated carbocycles. The Labute approximate surface area is 151 Å². The maximum atomic E-state index is 12.5. The van der Waals surface area contributed by atoms with Crippen molar-refractivity contribution >= 4 is 11.9 Å². The number of anilines is 1. The molecule has 0 fully saturated rings. The first kappa shape index (κ1) is 17.5. The molecule has 2 N–H and O–H groups in total. The fourth-order valence-corrected chi connectivity index (χ4v) is 2.46. The molecular formula is C19H20N4O3. The number of methoxy groups -OCH3 is 1. The van der Waals surface area contributed by atoms with Gasteiger partial charge in [0.25, 0.3) is 5.91 Å². The number of para-hydroxylation sites is 1. The van der Waals surface area contributed by atoms with Crippen molar-refractivity contribution in [3.63, 3.8) is 0 Å². The Balaban J connectivity index is 1.66. The zero-order valence-electron chi connectivity index (χ0n) is 14.7. The number of nitrogens with one attached hydrogen (secondary N) is 2. The van der Waals surface area contributed by atoms with Gasteiger partial charge in [0.1, 0.15) is 17.2 Å². The third kappa shape index (κ3) is 4.38. The minimum absolute atomic E-state index is 0.276. The van der Waals surface area contributed by atoms with Gasteiger partial charge in [-0.15, -0.1) is 0 Å². The minimum Gasteiger partial charge on any atom is -0.496 e. The van der Waals surface area contributed by atoms with E-state index in [2.05, 4.69) is 20.6 Å². The van der Waals surface area contributed by atoms with Crippen molar-refractivity contribution in [2.45, 2.75) is 20.0 Å². The van der Waals surface area contributed by atoms with E-state index in [1.165, 1.54) is 0 Å². The van der Waals surface area contributed by atoms with Gasteiger partial charge in [0.15, 0.2) is 0 Å². The number of ether oxygens (including phenoxy) is 1. The fourth-order valence-electron chi connectivity index (χ4n) is 2.46. The van der Waals surface area contributed by atoms with Crippen LogP contribution in [0.2, 0.25) is 0 Å². The van der Waals surface area contributed by atoms with Gasteiger partial charge in [-0.05, 0) is 31.2 Å². The van der Waals surface area contributed by atoms with E-state index >= 15 is 0 Å². The van der Waals surface area contributed by atoms with E-state index in [1.54, 1.807) is 19.4 Å². The summed E-state index contributed by atoms with van der Waals surface area (Å²) in [5.41, 5.74) is 1.89. The van der Waals surface area contributed by atoms with Crippen LogP contribution in [-0.4, -0.2) is 23.0 Å². The van der Waals surface area contributed by atoms with Crippen molar-refractivity contribution in [3.05, 3.63) is 71.4 Å². The number of benzene rings is 1. The topological polar surface area (TPSA) is 89.3 Å². The van der Waals surface area contributed by atoms with Crippen molar-refractivity contribution < 1.29 is 13.9 Å². The third-order valence-electron chi connectivity index (χ3n) is 3.72. The number of aryl methyl sites for hydroxylation is 1. The lowest BCUT2D eigenvalue weighted by molar-refractivity contribution is 0.0945. The van der Waals surface area contributed by atoms with Crippen LogP contribution in [0.5, 0.6) is 5.75 Å². The quantitative estimate of drug-likeness (QED) is 0.680. The fraction of sp³-hybridized carbons (Fsp3) is 0.211. The maximum Gasteiger partial charge on any atom is 0.270 e. The van der Waals surface area contributed by atoms with Gasteiger partial charge >= 0.3 is 0 Å². The highest BCUT2D eigenvalue weighted by atomic mass is 16.5. The molecule has 3 rings (SSSR count). The van der Waals surface area contributed by atoms with E-state index in [0.29, 0.717) is 30.4 Å². The lowest BCUT2D eigenvalue weighted by Gasteiger charge is -2.10. The number of nitrogens with zero attached hydrogens (tertiary/aromatic N) is 2. The molecule has 26 heavy (non-hydrogen) atoms. The number of amides is 1. The molecule has 0 aliphatic heterocycles. The lowest BCUT2D eigenvalue weighted by Crippen LogP contribution is -2.24. The number of hydrogen-bond acceptors (Lipinski definition) is 6. The van der Waals surface area contributed by atoms with Gasteiger partial charge < -0.3 is 19.8 Å². The van der Waals surface area contributed by atoms with Crippen molar-refractivity contribution in [1.29, 1.82) is 0 Å². The maximum absolute atomic E-state index is 12.5. The van der Waals surface area contributed by atoms with Gasteiger partial charge in [-0.25, -0.2) is 9.97 Å². The predicted octanol–water partition coefficient (Wildman–Crippen LogP) is 2.93. The van der Waals surface area contributed by atoms with Crippen LogP contribution >= 0.6 is 0 Å². The van der Waals surface area contributed by atoms with E-state index in [-0.39, 0.29) is 5.91 Å². The van der Waals surface area contributed by atoms with Crippen LogP contribution in [0.1, 0.15) is 27.5 Å². The summed E-state index contributed by atoms with van der Waals surface area (Å²) in [5.74, 6) is 1.59. The van der Waals surface area contributed by atoms with Crippen molar-refractivity contribution in [2.75, 3.05) is 12.4 Å². The number of aromatic nitrogens is 2. The van der Waals surface area contributed by atoms with E-state index < -0.39 is 0 Å². The predicted molar refractivity (Wildman–Crippen MR) is 97.0 cm³/mol. The highest BCUT2D eigenvalue weighted by Gasteiger charge is 2.12. The van der Waals surface area contributed by atoms with Crippen LogP contribution < -0.4 is 15.4 Å². The molecule has 2 heterocycles. The van der Waals surface area contributed by atoms with Crippen molar-refractivity contribution in [3.8, 4) is 5.75 Å². The number of hydrogen-bond donors (Lipinski definition) is 2. The van der Waals surface area contributed by atoms with Crippen LogP contribution in [0.4, 0.5) is 5.95 Å². The molecule has 1 amide bonds. The highest BCUT2D eigenvalue weighted by molar-refractivity contribution is 5.92. The Kier molecular flexibility index (Phi) is 5.48. The van der Waals surface area contributed by atoms with Gasteiger partial charge in [0.05, 0.1) is 19.9 Å². The molecule has 0 saturated heterocycles. The third-order valence-corrected chi connectivity index (χ3v) is 3.72. The van der Waals surface area contributed by atoms with E-state index in [1.807, 2.05) is 43.3 Å². The van der Waals surface area contributed by atoms with E-state index in [9.17, 15) is 4.79 Å². The summed E-state index contributed by atoms with van der Waals surface area (Å²) < 4.78 is 10.6. The highest BCUT2D eigenvalue weighted by Crippen LogP contribution is 2.17. The van der Waals surface area contributed by atoms with Crippen LogP contribution in [0.3, 0.4) is 0 Å². The Hall–Kier alpha value is -3.35. The molecule has 0 radical (unpaired) electrons. The molecule has 7 nitrogen and oxygen atoms in total. The van der Waals surface area contributed by atoms with E-state index in [0.717, 1.165) is 17.1 Å². The number of carbonyl (C=O) groups is 1. The number of carbonyl (C=O) groups excluding carboxylic acids is 1. The largest absolute Gasteiger partial charge is 0.496 e. The summed E-state index contributed by atoms with van der Waals surface area (Å²) in [6.07, 6.45) is 1.60. The second kappa shape index (κ2) is 8.15. The first-order valence-corrected chi connectivity index (χ1v) is 8.18. The Morgan fingerprint density at radius 2 is 2.00 bits per heavy atom. The SMILES string of the molecule is COc1ccccc1CNC(=O)c1cc(C)nc(NCc2ccco2)n1. The van der Waals surface area contributed by atoms with Crippen molar-refractivity contribution in [1.82, 2.24) is 15.3 Å². The molecule has 7 heteroatoms. The van der Waals surface area contributed by atoms with Gasteiger partial charge in [-0.2, -0.15) is 0 Å². The van der Waals surface area contributed by atoms with Crippen LogP contribution in [0, 0.1) is 6.92 Å². The van der Waals surface area contributed by atoms with Crippen LogP contribution in [-0.2, 0) is 13.1 Å². The zero-order valence-corrected chi connectivity index (χ0v) is 14.7. The molecule has 0 aliphatic rings. The van der Waals surface area contributed by atoms with Crippen LogP contribution in [0.25, 0.3) is 0 Å². The molecule has 0 unspecified atom stereocenters. The van der Waals surface area contributed by atoms with E-state index in [4.69, 9.17) is 9.15 Å². The Morgan fingerprint density at radius 3 is 2.77 bits per heavy atom. The van der Waals surface area contributed by atoms with Gasteiger partial charge in [-0.3, -0.25) is 4.79 Å². The first-order valence-electron chi connectivity index (χ1n) is 8.18. The molecule has 0 atom stereocenters.